The number of rotatable bonds is 1. The van der Waals surface area contributed by atoms with Crippen LogP contribution in [0, 0.1) is 0 Å². The first kappa shape index (κ1) is 11.9. The number of hydrogen-bond acceptors (Lipinski definition) is 3. The van der Waals surface area contributed by atoms with Gasteiger partial charge in [-0.2, -0.15) is 0 Å². The molecule has 5 heteroatoms. The lowest BCUT2D eigenvalue weighted by Crippen LogP contribution is -2.18. The number of carbonyl (C=O) groups excluding carboxylic acids is 1. The molecule has 0 aliphatic carbocycles. The Morgan fingerprint density at radius 2 is 1.90 bits per heavy atom. The molecule has 0 amide bonds. The van der Waals surface area contributed by atoms with Crippen molar-refractivity contribution in [1.82, 2.24) is 0 Å². The van der Waals surface area contributed by atoms with Crippen molar-refractivity contribution in [3.8, 4) is 0 Å². The summed E-state index contributed by atoms with van der Waals surface area (Å²) in [5, 5.41) is 0.000000000000000222. The quantitative estimate of drug-likeness (QED) is 0.413. The number of ether oxygens (including phenoxy) is 1. The Hall–Kier alpha value is -0.840. The van der Waals surface area contributed by atoms with Crippen LogP contribution in [0.3, 0.4) is 0 Å². The second-order valence-corrected chi connectivity index (χ2v) is 1.80. The van der Waals surface area contributed by atoms with E-state index in [2.05, 4.69) is 28.4 Å². The van der Waals surface area contributed by atoms with E-state index in [4.69, 9.17) is 0 Å². The fourth-order valence-electron chi connectivity index (χ4n) is 0.203. The van der Waals surface area contributed by atoms with E-state index < -0.39 is 0 Å². The summed E-state index contributed by atoms with van der Waals surface area (Å²) in [7, 11) is 0. The van der Waals surface area contributed by atoms with Crippen molar-refractivity contribution in [2.75, 3.05) is 6.61 Å². The fraction of sp³-hybridized carbons (Fsp3) is 0.600. The van der Waals surface area contributed by atoms with Gasteiger partial charge in [-0.1, -0.05) is 0 Å². The maximum Gasteiger partial charge on any atom is 0.302 e. The van der Waals surface area contributed by atoms with Crippen molar-refractivity contribution in [3.05, 3.63) is 0 Å². The van der Waals surface area contributed by atoms with E-state index >= 15 is 0 Å². The summed E-state index contributed by atoms with van der Waals surface area (Å²) in [6.45, 7) is 3.65. The monoisotopic (exact) mass is 164 g/mol. The van der Waals surface area contributed by atoms with Gasteiger partial charge in [0.25, 0.3) is 0 Å². The standard InChI is InChI=1S/C4H8O2.CH4N2S/c1-3-6-4(2)5;2-1(3)4/h3H2,1-2H3;(H4,2,3,4). The van der Waals surface area contributed by atoms with E-state index in [-0.39, 0.29) is 11.1 Å². The molecular formula is C5H12N2O2S. The molecule has 0 aliphatic heterocycles. The normalized spacial score (nSPS) is 7.00. The molecule has 4 N–H and O–H groups in total. The number of thiocarbonyl (C=S) groups is 1. The molecule has 0 aromatic heterocycles. The third-order valence-corrected chi connectivity index (χ3v) is 0.348. The van der Waals surface area contributed by atoms with Crippen LogP contribution in [0.1, 0.15) is 13.8 Å². The van der Waals surface area contributed by atoms with Crippen LogP contribution in [0.4, 0.5) is 0 Å². The van der Waals surface area contributed by atoms with Crippen molar-refractivity contribution in [1.29, 1.82) is 0 Å². The van der Waals surface area contributed by atoms with Crippen LogP contribution < -0.4 is 11.5 Å². The predicted octanol–water partition coefficient (Wildman–Crippen LogP) is -0.242. The summed E-state index contributed by atoms with van der Waals surface area (Å²) >= 11 is 4.09. The molecule has 0 saturated heterocycles. The number of nitrogens with two attached hydrogens (primary N) is 2. The van der Waals surface area contributed by atoms with E-state index in [1.54, 1.807) is 6.92 Å². The Morgan fingerprint density at radius 3 is 1.90 bits per heavy atom. The van der Waals surface area contributed by atoms with Gasteiger partial charge in [-0.15, -0.1) is 0 Å². The highest BCUT2D eigenvalue weighted by atomic mass is 32.1. The van der Waals surface area contributed by atoms with Gasteiger partial charge in [0, 0.05) is 6.92 Å². The molecule has 0 spiro atoms. The minimum absolute atomic E-state index is 0.000000000000000222. The molecule has 0 bridgehead atoms. The average molecular weight is 164 g/mol. The van der Waals surface area contributed by atoms with Crippen LogP contribution in [0.25, 0.3) is 0 Å². The van der Waals surface area contributed by atoms with E-state index in [0.29, 0.717) is 6.61 Å². The summed E-state index contributed by atoms with van der Waals surface area (Å²) in [6.07, 6.45) is 0. The first-order chi connectivity index (χ1) is 4.50. The van der Waals surface area contributed by atoms with Crippen LogP contribution in [0.5, 0.6) is 0 Å². The summed E-state index contributed by atoms with van der Waals surface area (Å²) < 4.78 is 4.40. The molecule has 0 radical (unpaired) electrons. The van der Waals surface area contributed by atoms with Crippen molar-refractivity contribution >= 4 is 23.3 Å². The van der Waals surface area contributed by atoms with Gasteiger partial charge >= 0.3 is 5.97 Å². The van der Waals surface area contributed by atoms with Crippen LogP contribution >= 0.6 is 12.2 Å². The third-order valence-electron chi connectivity index (χ3n) is 0.348. The first-order valence-electron chi connectivity index (χ1n) is 2.69. The van der Waals surface area contributed by atoms with Crippen LogP contribution in [0.2, 0.25) is 0 Å². The number of carbonyl (C=O) groups is 1. The Balaban J connectivity index is 0. The fourth-order valence-corrected chi connectivity index (χ4v) is 0.203. The average Bonchev–Trinajstić information content (AvgIpc) is 1.62. The van der Waals surface area contributed by atoms with E-state index in [9.17, 15) is 4.79 Å². The van der Waals surface area contributed by atoms with Crippen molar-refractivity contribution in [2.24, 2.45) is 11.5 Å². The van der Waals surface area contributed by atoms with E-state index in [1.165, 1.54) is 6.92 Å². The van der Waals surface area contributed by atoms with Crippen molar-refractivity contribution < 1.29 is 9.53 Å². The largest absolute Gasteiger partial charge is 0.466 e. The molecule has 4 nitrogen and oxygen atoms in total. The first-order valence-corrected chi connectivity index (χ1v) is 3.09. The molecule has 0 fully saturated rings. The summed E-state index contributed by atoms with van der Waals surface area (Å²) in [4.78, 5) is 9.82. The van der Waals surface area contributed by atoms with Crippen LogP contribution in [-0.2, 0) is 9.53 Å². The van der Waals surface area contributed by atoms with Gasteiger partial charge in [0.2, 0.25) is 0 Å². The summed E-state index contributed by atoms with van der Waals surface area (Å²) in [5.74, 6) is -0.211. The molecule has 0 aromatic rings. The highest BCUT2D eigenvalue weighted by Crippen LogP contribution is 1.69. The second-order valence-electron chi connectivity index (χ2n) is 1.33. The van der Waals surface area contributed by atoms with Crippen LogP contribution in [-0.4, -0.2) is 17.7 Å². The zero-order valence-electron chi connectivity index (χ0n) is 6.09. The Labute approximate surface area is 65.5 Å². The van der Waals surface area contributed by atoms with Crippen molar-refractivity contribution in [3.63, 3.8) is 0 Å². The van der Waals surface area contributed by atoms with Crippen molar-refractivity contribution in [2.45, 2.75) is 13.8 Å². The maximum absolute atomic E-state index is 9.82. The maximum atomic E-state index is 9.82. The molecule has 0 aromatic carbocycles. The zero-order valence-corrected chi connectivity index (χ0v) is 6.90. The minimum atomic E-state index is -0.211. The van der Waals surface area contributed by atoms with Gasteiger partial charge < -0.3 is 16.2 Å². The number of esters is 1. The molecular weight excluding hydrogens is 152 g/mol. The van der Waals surface area contributed by atoms with E-state index in [0.717, 1.165) is 0 Å². The van der Waals surface area contributed by atoms with Gasteiger partial charge in [0.15, 0.2) is 5.11 Å². The predicted molar refractivity (Wildman–Crippen MR) is 43.3 cm³/mol. The van der Waals surface area contributed by atoms with Gasteiger partial charge in [0.1, 0.15) is 0 Å². The molecule has 60 valence electrons. The van der Waals surface area contributed by atoms with Crippen LogP contribution in [0.15, 0.2) is 0 Å². The smallest absolute Gasteiger partial charge is 0.302 e. The zero-order chi connectivity index (χ0) is 8.57. The van der Waals surface area contributed by atoms with Gasteiger partial charge in [-0.25, -0.2) is 0 Å². The Morgan fingerprint density at radius 1 is 1.60 bits per heavy atom. The minimum Gasteiger partial charge on any atom is -0.466 e. The molecule has 10 heavy (non-hydrogen) atoms. The lowest BCUT2D eigenvalue weighted by molar-refractivity contribution is -0.140. The highest BCUT2D eigenvalue weighted by Gasteiger charge is 1.81. The highest BCUT2D eigenvalue weighted by molar-refractivity contribution is 7.80. The Kier molecular flexibility index (Phi) is 9.71. The molecule has 0 aliphatic rings. The lowest BCUT2D eigenvalue weighted by Gasteiger charge is -1.89. The molecule has 0 heterocycles. The lowest BCUT2D eigenvalue weighted by atomic mass is 10.8. The van der Waals surface area contributed by atoms with Gasteiger partial charge in [0.05, 0.1) is 6.61 Å². The van der Waals surface area contributed by atoms with Gasteiger partial charge in [-0.05, 0) is 19.1 Å². The second kappa shape index (κ2) is 8.16. The topological polar surface area (TPSA) is 78.3 Å². The third kappa shape index (κ3) is 58.2. The SMILES string of the molecule is CCOC(C)=O.NC(N)=S. The van der Waals surface area contributed by atoms with Gasteiger partial charge in [-0.3, -0.25) is 4.79 Å². The molecule has 0 atom stereocenters. The molecule has 0 unspecified atom stereocenters. The Bertz CT molecular complexity index is 112. The summed E-state index contributed by atoms with van der Waals surface area (Å²) in [5.41, 5.74) is 9.24. The molecule has 0 rings (SSSR count). The summed E-state index contributed by atoms with van der Waals surface area (Å²) in [6, 6.07) is 0. The number of hydrogen-bond donors (Lipinski definition) is 2. The van der Waals surface area contributed by atoms with E-state index in [1.807, 2.05) is 0 Å². The molecule has 0 saturated carbocycles.